The van der Waals surface area contributed by atoms with Crippen molar-refractivity contribution in [2.75, 3.05) is 72.9 Å². The van der Waals surface area contributed by atoms with Crippen LogP contribution in [0.5, 0.6) is 0 Å². The van der Waals surface area contributed by atoms with Crippen LogP contribution in [0.2, 0.25) is 10.6 Å². The van der Waals surface area contributed by atoms with Gasteiger partial charge in [0, 0.05) is 81.5 Å². The van der Waals surface area contributed by atoms with Crippen molar-refractivity contribution in [1.29, 1.82) is 0 Å². The molecule has 2 N–H and O–H groups in total. The smallest absolute Gasteiger partial charge is 0.410 e. The largest absolute Gasteiger partial charge is 0.465 e. The highest BCUT2D eigenvalue weighted by molar-refractivity contribution is 6.29. The molecule has 4 amide bonds. The maximum Gasteiger partial charge on any atom is 0.410 e. The predicted molar refractivity (Wildman–Crippen MR) is 263 cm³/mol. The molecule has 2 aliphatic rings. The van der Waals surface area contributed by atoms with Gasteiger partial charge in [-0.05, 0) is 72.3 Å². The lowest BCUT2D eigenvalue weighted by atomic mass is 9.84. The first-order chi connectivity index (χ1) is 31.8. The third-order valence-electron chi connectivity index (χ3n) is 11.5. The van der Waals surface area contributed by atoms with Crippen LogP contribution in [0.4, 0.5) is 32.6 Å². The van der Waals surface area contributed by atoms with Gasteiger partial charge >= 0.3 is 12.2 Å². The second-order valence-corrected chi connectivity index (χ2v) is 19.0. The highest BCUT2D eigenvalue weighted by Crippen LogP contribution is 2.33. The van der Waals surface area contributed by atoms with Crippen molar-refractivity contribution in [1.82, 2.24) is 29.7 Å². The first-order valence-corrected chi connectivity index (χ1v) is 22.6. The molecule has 18 heteroatoms. The quantitative estimate of drug-likeness (QED) is 0.152. The lowest BCUT2D eigenvalue weighted by molar-refractivity contribution is 0.0177. The molecule has 16 nitrogen and oxygen atoms in total. The summed E-state index contributed by atoms with van der Waals surface area (Å²) in [7, 11) is 1.73. The normalized spacial score (nSPS) is 15.4. The summed E-state index contributed by atoms with van der Waals surface area (Å²) in [4.78, 5) is 76.0. The maximum absolute atomic E-state index is 13.6. The average molecular weight is 950 g/mol. The summed E-state index contributed by atoms with van der Waals surface area (Å²) < 4.78 is 5.62. The van der Waals surface area contributed by atoms with Gasteiger partial charge in [0.25, 0.3) is 11.8 Å². The highest BCUT2D eigenvalue weighted by atomic mass is 35.5. The van der Waals surface area contributed by atoms with Crippen molar-refractivity contribution in [2.45, 2.75) is 53.2 Å². The molecule has 4 heterocycles. The fourth-order valence-electron chi connectivity index (χ4n) is 8.07. The summed E-state index contributed by atoms with van der Waals surface area (Å²) in [6.45, 7) is 15.0. The molecule has 1 unspecified atom stereocenters. The second kappa shape index (κ2) is 20.0. The number of hydrogen-bond acceptors (Lipinski definition) is 11. The minimum absolute atomic E-state index is 0.000555. The summed E-state index contributed by atoms with van der Waals surface area (Å²) in [5.74, 6) is 0.379. The SMILES string of the molecule is CN(C(=O)c1cc(N2CCN(C(=O)OC(C)(C)C)CC2C(C)(C)C)nc(Cl)n1)c1cccc2ccccc12.O=C(Nc1cccc2ccccc12)c1cc(N2CCN(C(=O)O)CC2)nc(Cl)n1. The van der Waals surface area contributed by atoms with Gasteiger partial charge in [-0.15, -0.1) is 0 Å². The van der Waals surface area contributed by atoms with E-state index in [1.54, 1.807) is 29.0 Å². The number of rotatable bonds is 6. The Morgan fingerprint density at radius 3 is 1.88 bits per heavy atom. The van der Waals surface area contributed by atoms with E-state index in [9.17, 15) is 19.2 Å². The molecule has 0 spiro atoms. The summed E-state index contributed by atoms with van der Waals surface area (Å²) in [6, 6.07) is 30.4. The van der Waals surface area contributed by atoms with Crippen molar-refractivity contribution in [2.24, 2.45) is 5.41 Å². The molecule has 2 saturated heterocycles. The molecule has 67 heavy (non-hydrogen) atoms. The summed E-state index contributed by atoms with van der Waals surface area (Å²) in [6.07, 6.45) is -1.28. The summed E-state index contributed by atoms with van der Waals surface area (Å²) >= 11 is 12.4. The van der Waals surface area contributed by atoms with Crippen molar-refractivity contribution in [3.63, 3.8) is 0 Å². The fraction of sp³-hybridized carbons (Fsp3) is 0.347. The second-order valence-electron chi connectivity index (χ2n) is 18.4. The Balaban J connectivity index is 0.000000206. The minimum Gasteiger partial charge on any atom is -0.465 e. The molecule has 6 aromatic rings. The van der Waals surface area contributed by atoms with Gasteiger partial charge in [-0.2, -0.15) is 0 Å². The van der Waals surface area contributed by atoms with Crippen LogP contribution in [0.1, 0.15) is 62.5 Å². The Kier molecular flexibility index (Phi) is 14.4. The first kappa shape index (κ1) is 48.2. The number of piperazine rings is 2. The van der Waals surface area contributed by atoms with Gasteiger partial charge in [-0.25, -0.2) is 29.5 Å². The number of hydrogen-bond donors (Lipinski definition) is 2. The molecular weight excluding hydrogens is 896 g/mol. The monoisotopic (exact) mass is 948 g/mol. The van der Waals surface area contributed by atoms with E-state index in [4.69, 9.17) is 33.0 Å². The lowest BCUT2D eigenvalue weighted by Crippen LogP contribution is -2.60. The number of amides is 4. The molecule has 2 aromatic heterocycles. The zero-order valence-corrected chi connectivity index (χ0v) is 40.0. The van der Waals surface area contributed by atoms with E-state index in [0.717, 1.165) is 27.2 Å². The zero-order chi connectivity index (χ0) is 48.2. The van der Waals surface area contributed by atoms with E-state index >= 15 is 0 Å². The Labute approximate surface area is 399 Å². The Bertz CT molecular complexity index is 2800. The Morgan fingerprint density at radius 1 is 0.687 bits per heavy atom. The van der Waals surface area contributed by atoms with Gasteiger partial charge in [0.2, 0.25) is 10.6 Å². The lowest BCUT2D eigenvalue weighted by Gasteiger charge is -2.47. The van der Waals surface area contributed by atoms with E-state index in [1.807, 2.05) is 111 Å². The molecule has 2 fully saturated rings. The predicted octanol–water partition coefficient (Wildman–Crippen LogP) is 9.37. The number of benzene rings is 4. The molecule has 0 radical (unpaired) electrons. The summed E-state index contributed by atoms with van der Waals surface area (Å²) in [5.41, 5.74) is 1.03. The number of fused-ring (bicyclic) bond motifs is 2. The number of ether oxygens (including phenoxy) is 1. The van der Waals surface area contributed by atoms with E-state index in [-0.39, 0.29) is 45.4 Å². The van der Waals surface area contributed by atoms with Crippen LogP contribution in [-0.4, -0.2) is 123 Å². The van der Waals surface area contributed by atoms with Crippen molar-refractivity contribution in [3.05, 3.63) is 119 Å². The third kappa shape index (κ3) is 11.6. The average Bonchev–Trinajstić information content (AvgIpc) is 3.29. The number of carbonyl (C=O) groups excluding carboxylic acids is 3. The minimum atomic E-state index is -0.944. The van der Waals surface area contributed by atoms with Crippen LogP contribution >= 0.6 is 23.2 Å². The number of aromatic nitrogens is 4. The Morgan fingerprint density at radius 2 is 1.24 bits per heavy atom. The maximum atomic E-state index is 13.6. The zero-order valence-electron chi connectivity index (χ0n) is 38.5. The van der Waals surface area contributed by atoms with Crippen LogP contribution < -0.4 is 20.0 Å². The Hall–Kier alpha value is -6.78. The first-order valence-electron chi connectivity index (χ1n) is 21.9. The van der Waals surface area contributed by atoms with Gasteiger partial charge in [0.15, 0.2) is 0 Å². The van der Waals surface area contributed by atoms with E-state index in [1.165, 1.54) is 4.90 Å². The molecule has 4 aromatic carbocycles. The van der Waals surface area contributed by atoms with Gasteiger partial charge in [-0.1, -0.05) is 93.6 Å². The molecule has 1 atom stereocenters. The van der Waals surface area contributed by atoms with Crippen LogP contribution in [0.25, 0.3) is 21.5 Å². The van der Waals surface area contributed by atoms with Crippen LogP contribution in [0, 0.1) is 5.41 Å². The van der Waals surface area contributed by atoms with Gasteiger partial charge < -0.3 is 39.7 Å². The topological polar surface area (TPSA) is 178 Å². The molecule has 0 bridgehead atoms. The number of anilines is 4. The van der Waals surface area contributed by atoms with E-state index in [0.29, 0.717) is 63.1 Å². The number of halogens is 2. The highest BCUT2D eigenvalue weighted by Gasteiger charge is 2.39. The molecule has 0 saturated carbocycles. The standard InChI is InChI=1S/C29H36ClN5O3.C20H18ClN5O3/c1-28(2,3)23-18-34(27(37)38-29(4,5)6)15-16-35(23)24-17-21(31-26(30)32-24)25(36)33(7)22-14-10-12-19-11-8-9-13-20(19)22;21-19-23-16(12-17(24-19)25-8-10-26(11-9-25)20(28)29)18(27)22-15-7-3-5-13-4-1-2-6-14(13)15/h8-14,17,23H,15-16,18H2,1-7H3;1-7,12H,8-11H2,(H,22,27)(H,28,29). The van der Waals surface area contributed by atoms with Crippen LogP contribution in [0.15, 0.2) is 97.1 Å². The van der Waals surface area contributed by atoms with Crippen LogP contribution in [0.3, 0.4) is 0 Å². The van der Waals surface area contributed by atoms with Gasteiger partial charge in [0.1, 0.15) is 28.6 Å². The van der Waals surface area contributed by atoms with E-state index in [2.05, 4.69) is 50.9 Å². The fourth-order valence-corrected chi connectivity index (χ4v) is 8.42. The van der Waals surface area contributed by atoms with Crippen molar-refractivity contribution < 1.29 is 29.0 Å². The van der Waals surface area contributed by atoms with Gasteiger partial charge in [-0.3, -0.25) is 9.59 Å². The molecule has 350 valence electrons. The molecular formula is C49H54Cl2N10O6. The van der Waals surface area contributed by atoms with Crippen molar-refractivity contribution >= 4 is 91.8 Å². The number of nitrogens with zero attached hydrogens (tertiary/aromatic N) is 9. The van der Waals surface area contributed by atoms with Gasteiger partial charge in [0.05, 0.1) is 11.7 Å². The molecule has 0 aliphatic carbocycles. The van der Waals surface area contributed by atoms with Crippen molar-refractivity contribution in [3.8, 4) is 0 Å². The molecule has 8 rings (SSSR count). The number of nitrogens with one attached hydrogen (secondary N) is 1. The van der Waals surface area contributed by atoms with E-state index < -0.39 is 17.6 Å². The molecule has 2 aliphatic heterocycles. The number of carboxylic acid groups (broad SMARTS) is 1. The summed E-state index contributed by atoms with van der Waals surface area (Å²) in [5, 5.41) is 15.9. The number of carbonyl (C=O) groups is 4. The van der Waals surface area contributed by atoms with Crippen LogP contribution in [-0.2, 0) is 4.74 Å². The third-order valence-corrected chi connectivity index (χ3v) is 11.8.